The molecule has 1 aliphatic heterocycles. The molecular formula is C18H22Cl2N4O3. The molecule has 2 amide bonds. The van der Waals surface area contributed by atoms with Crippen molar-refractivity contribution in [3.63, 3.8) is 0 Å². The van der Waals surface area contributed by atoms with Gasteiger partial charge in [-0.3, -0.25) is 14.6 Å². The number of nitrogens with one attached hydrogen (secondary N) is 2. The Bertz CT molecular complexity index is 768. The second-order valence-electron chi connectivity index (χ2n) is 5.99. The first-order valence-corrected chi connectivity index (χ1v) is 8.06. The van der Waals surface area contributed by atoms with Crippen molar-refractivity contribution in [1.29, 1.82) is 0 Å². The molecule has 0 bridgehead atoms. The van der Waals surface area contributed by atoms with E-state index < -0.39 is 5.54 Å². The minimum absolute atomic E-state index is 0. The van der Waals surface area contributed by atoms with Gasteiger partial charge in [0.25, 0.3) is 5.91 Å². The van der Waals surface area contributed by atoms with Crippen LogP contribution in [0.1, 0.15) is 23.2 Å². The van der Waals surface area contributed by atoms with Gasteiger partial charge in [0, 0.05) is 42.5 Å². The molecule has 4 N–H and O–H groups in total. The molecule has 0 saturated carbocycles. The van der Waals surface area contributed by atoms with Crippen LogP contribution in [-0.2, 0) is 9.53 Å². The fourth-order valence-corrected chi connectivity index (χ4v) is 2.60. The van der Waals surface area contributed by atoms with Crippen LogP contribution in [0.25, 0.3) is 0 Å². The van der Waals surface area contributed by atoms with E-state index >= 15 is 0 Å². The van der Waals surface area contributed by atoms with Crippen molar-refractivity contribution in [3.05, 3.63) is 54.4 Å². The van der Waals surface area contributed by atoms with Gasteiger partial charge in [0.15, 0.2) is 0 Å². The molecule has 0 aliphatic carbocycles. The van der Waals surface area contributed by atoms with Crippen LogP contribution in [0.3, 0.4) is 0 Å². The maximum Gasteiger partial charge on any atom is 0.255 e. The highest BCUT2D eigenvalue weighted by Crippen LogP contribution is 2.22. The van der Waals surface area contributed by atoms with E-state index in [9.17, 15) is 9.59 Å². The van der Waals surface area contributed by atoms with Gasteiger partial charge in [0.05, 0.1) is 0 Å². The Morgan fingerprint density at radius 3 is 2.22 bits per heavy atom. The third-order valence-electron chi connectivity index (χ3n) is 4.16. The number of aromatic nitrogens is 1. The van der Waals surface area contributed by atoms with Crippen molar-refractivity contribution < 1.29 is 14.3 Å². The summed E-state index contributed by atoms with van der Waals surface area (Å²) in [6, 6.07) is 10.2. The molecule has 1 fully saturated rings. The minimum Gasteiger partial charge on any atom is -0.381 e. The number of ether oxygens (including phenoxy) is 1. The average Bonchev–Trinajstić information content (AvgIpc) is 2.63. The lowest BCUT2D eigenvalue weighted by atomic mass is 9.90. The molecule has 0 atom stereocenters. The Labute approximate surface area is 169 Å². The summed E-state index contributed by atoms with van der Waals surface area (Å²) in [5.74, 6) is -0.487. The molecule has 7 nitrogen and oxygen atoms in total. The predicted octanol–water partition coefficient (Wildman–Crippen LogP) is 2.62. The number of benzene rings is 1. The number of hydrogen-bond donors (Lipinski definition) is 3. The van der Waals surface area contributed by atoms with Crippen LogP contribution in [-0.4, -0.2) is 35.6 Å². The zero-order chi connectivity index (χ0) is 17.7. The molecular weight excluding hydrogens is 391 g/mol. The number of carbonyl (C=O) groups excluding carboxylic acids is 2. The molecule has 27 heavy (non-hydrogen) atoms. The first-order valence-electron chi connectivity index (χ1n) is 8.06. The summed E-state index contributed by atoms with van der Waals surface area (Å²) < 4.78 is 5.26. The fraction of sp³-hybridized carbons (Fsp3) is 0.278. The van der Waals surface area contributed by atoms with E-state index in [1.807, 2.05) is 0 Å². The summed E-state index contributed by atoms with van der Waals surface area (Å²) in [6.45, 7) is 0.956. The van der Waals surface area contributed by atoms with Crippen molar-refractivity contribution in [2.75, 3.05) is 23.8 Å². The Kier molecular flexibility index (Phi) is 8.65. The number of nitrogens with two attached hydrogens (primary N) is 1. The second-order valence-corrected chi connectivity index (χ2v) is 5.99. The van der Waals surface area contributed by atoms with Crippen molar-refractivity contribution in [3.8, 4) is 0 Å². The van der Waals surface area contributed by atoms with Crippen molar-refractivity contribution >= 4 is 48.0 Å². The molecule has 2 heterocycles. The highest BCUT2D eigenvalue weighted by atomic mass is 35.5. The third-order valence-corrected chi connectivity index (χ3v) is 4.16. The van der Waals surface area contributed by atoms with E-state index in [0.717, 1.165) is 0 Å². The van der Waals surface area contributed by atoms with Crippen LogP contribution in [0.5, 0.6) is 0 Å². The van der Waals surface area contributed by atoms with Gasteiger partial charge in [-0.1, -0.05) is 6.07 Å². The number of anilines is 2. The zero-order valence-corrected chi connectivity index (χ0v) is 16.1. The van der Waals surface area contributed by atoms with Gasteiger partial charge in [-0.2, -0.15) is 0 Å². The van der Waals surface area contributed by atoms with Crippen molar-refractivity contribution in [2.24, 2.45) is 5.73 Å². The highest BCUT2D eigenvalue weighted by Gasteiger charge is 2.35. The number of amides is 2. The van der Waals surface area contributed by atoms with E-state index in [2.05, 4.69) is 15.6 Å². The number of nitrogens with zero attached hydrogens (tertiary/aromatic N) is 1. The number of hydrogen-bond acceptors (Lipinski definition) is 5. The van der Waals surface area contributed by atoms with Gasteiger partial charge in [-0.05, 0) is 43.2 Å². The molecule has 0 spiro atoms. The third kappa shape index (κ3) is 5.90. The molecule has 0 radical (unpaired) electrons. The first kappa shape index (κ1) is 22.9. The van der Waals surface area contributed by atoms with Crippen LogP contribution in [0.15, 0.2) is 48.8 Å². The van der Waals surface area contributed by atoms with E-state index in [0.29, 0.717) is 43.0 Å². The van der Waals surface area contributed by atoms with Crippen LogP contribution in [0.4, 0.5) is 11.4 Å². The highest BCUT2D eigenvalue weighted by molar-refractivity contribution is 6.05. The van der Waals surface area contributed by atoms with Crippen LogP contribution in [0, 0.1) is 0 Å². The lowest BCUT2D eigenvalue weighted by molar-refractivity contribution is -0.124. The number of carbonyl (C=O) groups is 2. The lowest BCUT2D eigenvalue weighted by Gasteiger charge is -2.31. The summed E-state index contributed by atoms with van der Waals surface area (Å²) in [7, 11) is 0. The van der Waals surface area contributed by atoms with E-state index in [1.54, 1.807) is 48.8 Å². The summed E-state index contributed by atoms with van der Waals surface area (Å²) in [6.07, 6.45) is 4.08. The van der Waals surface area contributed by atoms with Gasteiger partial charge >= 0.3 is 0 Å². The number of rotatable bonds is 4. The summed E-state index contributed by atoms with van der Waals surface area (Å²) in [4.78, 5) is 28.5. The molecule has 9 heteroatoms. The molecule has 2 aromatic rings. The standard InChI is InChI=1S/C18H20N4O3.2ClH/c19-18(6-10-25-11-7-18)17(24)22-15-3-1-2-14(12-15)21-16(23)13-4-8-20-9-5-13;;/h1-5,8-9,12H,6-7,10-11,19H2,(H,21,23)(H,22,24);2*1H. The number of pyridine rings is 1. The summed E-state index contributed by atoms with van der Waals surface area (Å²) >= 11 is 0. The Hall–Kier alpha value is -2.19. The molecule has 3 rings (SSSR count). The van der Waals surface area contributed by atoms with E-state index in [1.165, 1.54) is 0 Å². The quantitative estimate of drug-likeness (QED) is 0.715. The maximum absolute atomic E-state index is 12.5. The summed E-state index contributed by atoms with van der Waals surface area (Å²) in [5, 5.41) is 5.62. The SMILES string of the molecule is Cl.Cl.NC1(C(=O)Nc2cccc(NC(=O)c3ccncc3)c2)CCOCC1. The molecule has 1 aromatic carbocycles. The fourth-order valence-electron chi connectivity index (χ4n) is 2.60. The van der Waals surface area contributed by atoms with Crippen molar-refractivity contribution in [2.45, 2.75) is 18.4 Å². The molecule has 0 unspecified atom stereocenters. The number of halogens is 2. The Balaban J connectivity index is 0.00000182. The second kappa shape index (κ2) is 10.2. The normalized spacial score (nSPS) is 14.9. The topological polar surface area (TPSA) is 106 Å². The average molecular weight is 413 g/mol. The molecule has 146 valence electrons. The molecule has 1 saturated heterocycles. The monoisotopic (exact) mass is 412 g/mol. The minimum atomic E-state index is -0.922. The smallest absolute Gasteiger partial charge is 0.255 e. The Morgan fingerprint density at radius 1 is 1.00 bits per heavy atom. The van der Waals surface area contributed by atoms with Gasteiger partial charge < -0.3 is 21.1 Å². The van der Waals surface area contributed by atoms with Gasteiger partial charge in [-0.25, -0.2) is 0 Å². The van der Waals surface area contributed by atoms with Crippen molar-refractivity contribution in [1.82, 2.24) is 4.98 Å². The Morgan fingerprint density at radius 2 is 1.59 bits per heavy atom. The van der Waals surface area contributed by atoms with Gasteiger partial charge in [0.2, 0.25) is 5.91 Å². The first-order chi connectivity index (χ1) is 12.1. The lowest BCUT2D eigenvalue weighted by Crippen LogP contribution is -2.54. The van der Waals surface area contributed by atoms with Gasteiger partial charge in [-0.15, -0.1) is 24.8 Å². The van der Waals surface area contributed by atoms with E-state index in [4.69, 9.17) is 10.5 Å². The largest absolute Gasteiger partial charge is 0.381 e. The molecule has 1 aliphatic rings. The predicted molar refractivity (Wildman–Crippen MR) is 109 cm³/mol. The van der Waals surface area contributed by atoms with E-state index in [-0.39, 0.29) is 36.6 Å². The van der Waals surface area contributed by atoms with Gasteiger partial charge in [0.1, 0.15) is 5.54 Å². The summed E-state index contributed by atoms with van der Waals surface area (Å²) in [5.41, 5.74) is 6.92. The van der Waals surface area contributed by atoms with Crippen LogP contribution >= 0.6 is 24.8 Å². The zero-order valence-electron chi connectivity index (χ0n) is 14.5. The van der Waals surface area contributed by atoms with Crippen LogP contribution in [0.2, 0.25) is 0 Å². The maximum atomic E-state index is 12.5. The van der Waals surface area contributed by atoms with Crippen LogP contribution < -0.4 is 16.4 Å². The molecule has 1 aromatic heterocycles.